The summed E-state index contributed by atoms with van der Waals surface area (Å²) in [5.74, 6) is 1.46. The molecule has 1 aromatic heterocycles. The quantitative estimate of drug-likeness (QED) is 0.766. The summed E-state index contributed by atoms with van der Waals surface area (Å²) in [7, 11) is 0. The van der Waals surface area contributed by atoms with E-state index in [-0.39, 0.29) is 5.92 Å². The minimum atomic E-state index is 0.123. The standard InChI is InChI=1S/C20H22BrN3O/c1-14-12-17(21)13-22-19(14)23-9-6-16(7-10-23)20(25)24-11-8-15-4-2-3-5-18(15)24/h2-5,12-13,16H,6-11H2,1H3. The molecule has 0 atom stereocenters. The highest BCUT2D eigenvalue weighted by Crippen LogP contribution is 2.32. The first kappa shape index (κ1) is 16.6. The summed E-state index contributed by atoms with van der Waals surface area (Å²) in [4.78, 5) is 21.9. The molecule has 1 amide bonds. The van der Waals surface area contributed by atoms with E-state index in [1.54, 1.807) is 0 Å². The summed E-state index contributed by atoms with van der Waals surface area (Å²) in [6, 6.07) is 10.4. The maximum Gasteiger partial charge on any atom is 0.230 e. The lowest BCUT2D eigenvalue weighted by atomic mass is 9.95. The number of nitrogens with zero attached hydrogens (tertiary/aromatic N) is 3. The molecule has 1 fully saturated rings. The van der Waals surface area contributed by atoms with Crippen molar-refractivity contribution in [2.75, 3.05) is 29.4 Å². The van der Waals surface area contributed by atoms with E-state index < -0.39 is 0 Å². The van der Waals surface area contributed by atoms with Gasteiger partial charge < -0.3 is 9.80 Å². The SMILES string of the molecule is Cc1cc(Br)cnc1N1CCC(C(=O)N2CCc3ccccc32)CC1. The number of fused-ring (bicyclic) bond motifs is 1. The molecule has 4 nitrogen and oxygen atoms in total. The molecule has 2 aliphatic heterocycles. The molecule has 5 heteroatoms. The topological polar surface area (TPSA) is 36.4 Å². The fourth-order valence-electron chi connectivity index (χ4n) is 3.99. The van der Waals surface area contributed by atoms with E-state index in [4.69, 9.17) is 0 Å². The van der Waals surface area contributed by atoms with Crippen molar-refractivity contribution in [2.24, 2.45) is 5.92 Å². The molecule has 25 heavy (non-hydrogen) atoms. The number of anilines is 2. The summed E-state index contributed by atoms with van der Waals surface area (Å²) in [5, 5.41) is 0. The third-order valence-electron chi connectivity index (χ3n) is 5.31. The van der Waals surface area contributed by atoms with Crippen LogP contribution in [0.5, 0.6) is 0 Å². The second-order valence-electron chi connectivity index (χ2n) is 6.92. The van der Waals surface area contributed by atoms with Crippen molar-refractivity contribution in [2.45, 2.75) is 26.2 Å². The van der Waals surface area contributed by atoms with Crippen LogP contribution >= 0.6 is 15.9 Å². The maximum absolute atomic E-state index is 13.0. The molecule has 0 radical (unpaired) electrons. The van der Waals surface area contributed by atoms with Gasteiger partial charge in [0.25, 0.3) is 0 Å². The first-order valence-electron chi connectivity index (χ1n) is 8.90. The molecule has 0 bridgehead atoms. The van der Waals surface area contributed by atoms with Crippen LogP contribution in [-0.2, 0) is 11.2 Å². The van der Waals surface area contributed by atoms with Gasteiger partial charge in [-0.15, -0.1) is 0 Å². The average Bonchev–Trinajstić information content (AvgIpc) is 3.05. The van der Waals surface area contributed by atoms with E-state index in [0.29, 0.717) is 5.91 Å². The molecule has 2 aromatic rings. The Morgan fingerprint density at radius 2 is 1.96 bits per heavy atom. The Hall–Kier alpha value is -1.88. The molecule has 3 heterocycles. The summed E-state index contributed by atoms with van der Waals surface area (Å²) < 4.78 is 1.01. The number of hydrogen-bond acceptors (Lipinski definition) is 3. The summed E-state index contributed by atoms with van der Waals surface area (Å²) in [5.41, 5.74) is 3.58. The Morgan fingerprint density at radius 1 is 1.20 bits per heavy atom. The number of para-hydroxylation sites is 1. The van der Waals surface area contributed by atoms with E-state index in [1.807, 2.05) is 17.2 Å². The van der Waals surface area contributed by atoms with Gasteiger partial charge in [0.15, 0.2) is 0 Å². The van der Waals surface area contributed by atoms with Crippen LogP contribution in [0.25, 0.3) is 0 Å². The van der Waals surface area contributed by atoms with Gasteiger partial charge in [-0.25, -0.2) is 4.98 Å². The Balaban J connectivity index is 1.43. The van der Waals surface area contributed by atoms with Gasteiger partial charge in [-0.2, -0.15) is 0 Å². The van der Waals surface area contributed by atoms with Crippen LogP contribution in [0.2, 0.25) is 0 Å². The van der Waals surface area contributed by atoms with Crippen LogP contribution in [0.1, 0.15) is 24.0 Å². The molecule has 1 saturated heterocycles. The van der Waals surface area contributed by atoms with Crippen LogP contribution in [-0.4, -0.2) is 30.5 Å². The van der Waals surface area contributed by atoms with Crippen LogP contribution in [0.3, 0.4) is 0 Å². The van der Waals surface area contributed by atoms with Crippen LogP contribution in [0.15, 0.2) is 41.0 Å². The minimum absolute atomic E-state index is 0.123. The maximum atomic E-state index is 13.0. The molecule has 0 N–H and O–H groups in total. The summed E-state index contributed by atoms with van der Waals surface area (Å²) in [6.45, 7) is 4.69. The Kier molecular flexibility index (Phi) is 4.50. The zero-order valence-electron chi connectivity index (χ0n) is 14.4. The van der Waals surface area contributed by atoms with Gasteiger partial charge in [-0.3, -0.25) is 4.79 Å². The zero-order valence-corrected chi connectivity index (χ0v) is 16.0. The van der Waals surface area contributed by atoms with Crippen LogP contribution in [0.4, 0.5) is 11.5 Å². The number of halogens is 1. The lowest BCUT2D eigenvalue weighted by Gasteiger charge is -2.34. The van der Waals surface area contributed by atoms with Gasteiger partial charge >= 0.3 is 0 Å². The van der Waals surface area contributed by atoms with Crippen LogP contribution in [0, 0.1) is 12.8 Å². The van der Waals surface area contributed by atoms with Crippen molar-refractivity contribution in [3.63, 3.8) is 0 Å². The zero-order chi connectivity index (χ0) is 17.4. The fraction of sp³-hybridized carbons (Fsp3) is 0.400. The minimum Gasteiger partial charge on any atom is -0.356 e. The molecule has 0 saturated carbocycles. The predicted molar refractivity (Wildman–Crippen MR) is 104 cm³/mol. The molecule has 130 valence electrons. The lowest BCUT2D eigenvalue weighted by Crippen LogP contribution is -2.42. The van der Waals surface area contributed by atoms with Gasteiger partial charge in [0.05, 0.1) is 0 Å². The van der Waals surface area contributed by atoms with Gasteiger partial charge in [0.2, 0.25) is 5.91 Å². The van der Waals surface area contributed by atoms with E-state index in [9.17, 15) is 4.79 Å². The van der Waals surface area contributed by atoms with E-state index in [0.717, 1.165) is 54.9 Å². The van der Waals surface area contributed by atoms with Gasteiger partial charge in [0, 0.05) is 41.9 Å². The monoisotopic (exact) mass is 399 g/mol. The molecular formula is C20H22BrN3O. The number of aromatic nitrogens is 1. The van der Waals surface area contributed by atoms with E-state index in [2.05, 4.69) is 57.0 Å². The molecule has 0 unspecified atom stereocenters. The van der Waals surface area contributed by atoms with Crippen molar-refractivity contribution < 1.29 is 4.79 Å². The van der Waals surface area contributed by atoms with Crippen LogP contribution < -0.4 is 9.80 Å². The van der Waals surface area contributed by atoms with E-state index >= 15 is 0 Å². The average molecular weight is 400 g/mol. The number of piperidine rings is 1. The third-order valence-corrected chi connectivity index (χ3v) is 5.75. The van der Waals surface area contributed by atoms with Crippen molar-refractivity contribution in [3.8, 4) is 0 Å². The smallest absolute Gasteiger partial charge is 0.230 e. The summed E-state index contributed by atoms with van der Waals surface area (Å²) >= 11 is 3.47. The predicted octanol–water partition coefficient (Wildman–Crippen LogP) is 3.96. The molecule has 1 aromatic carbocycles. The normalized spacial score (nSPS) is 17.7. The first-order chi connectivity index (χ1) is 12.1. The highest BCUT2D eigenvalue weighted by molar-refractivity contribution is 9.10. The number of pyridine rings is 1. The van der Waals surface area contributed by atoms with Gasteiger partial charge in [-0.05, 0) is 65.4 Å². The number of rotatable bonds is 2. The third kappa shape index (κ3) is 3.17. The molecule has 4 rings (SSSR count). The number of carbonyl (C=O) groups excluding carboxylic acids is 1. The lowest BCUT2D eigenvalue weighted by molar-refractivity contribution is -0.122. The number of benzene rings is 1. The fourth-order valence-corrected chi connectivity index (χ4v) is 4.44. The van der Waals surface area contributed by atoms with Crippen molar-refractivity contribution in [3.05, 3.63) is 52.1 Å². The van der Waals surface area contributed by atoms with Crippen molar-refractivity contribution >= 4 is 33.3 Å². The highest BCUT2D eigenvalue weighted by Gasteiger charge is 2.32. The van der Waals surface area contributed by atoms with Gasteiger partial charge in [0.1, 0.15) is 5.82 Å². The number of aryl methyl sites for hydroxylation is 1. The number of carbonyl (C=O) groups is 1. The Bertz CT molecular complexity index is 799. The number of hydrogen-bond donors (Lipinski definition) is 0. The Labute approximate surface area is 157 Å². The summed E-state index contributed by atoms with van der Waals surface area (Å²) in [6.07, 6.45) is 4.62. The first-order valence-corrected chi connectivity index (χ1v) is 9.69. The van der Waals surface area contributed by atoms with Crippen molar-refractivity contribution in [1.82, 2.24) is 4.98 Å². The van der Waals surface area contributed by atoms with Gasteiger partial charge in [-0.1, -0.05) is 18.2 Å². The Morgan fingerprint density at radius 3 is 2.72 bits per heavy atom. The molecule has 2 aliphatic rings. The second kappa shape index (κ2) is 6.79. The van der Waals surface area contributed by atoms with Crippen molar-refractivity contribution in [1.29, 1.82) is 0 Å². The second-order valence-corrected chi connectivity index (χ2v) is 7.84. The molecule has 0 spiro atoms. The molecule has 0 aliphatic carbocycles. The van der Waals surface area contributed by atoms with E-state index in [1.165, 1.54) is 11.1 Å². The molecular weight excluding hydrogens is 378 g/mol. The number of amides is 1. The largest absolute Gasteiger partial charge is 0.356 e. The highest BCUT2D eigenvalue weighted by atomic mass is 79.9.